The first kappa shape index (κ1) is 22.9. The van der Waals surface area contributed by atoms with Gasteiger partial charge in [0.05, 0.1) is 9.82 Å². The summed E-state index contributed by atoms with van der Waals surface area (Å²) in [4.78, 5) is 36.0. The number of non-ortho nitro benzene ring substituents is 1. The number of amides is 2. The van der Waals surface area contributed by atoms with Gasteiger partial charge in [0, 0.05) is 48.2 Å². The topological polar surface area (TPSA) is 139 Å². The molecule has 0 bridgehead atoms. The summed E-state index contributed by atoms with van der Waals surface area (Å²) in [5.74, 6) is -0.411. The van der Waals surface area contributed by atoms with Gasteiger partial charge in [-0.3, -0.25) is 24.4 Å². The van der Waals surface area contributed by atoms with Crippen molar-refractivity contribution in [1.82, 2.24) is 0 Å². The second-order valence-electron chi connectivity index (χ2n) is 7.66. The molecule has 4 rings (SSSR count). The molecule has 0 atom stereocenters. The highest BCUT2D eigenvalue weighted by molar-refractivity contribution is 7.92. The van der Waals surface area contributed by atoms with Crippen LogP contribution in [0.15, 0.2) is 71.6 Å². The van der Waals surface area contributed by atoms with Gasteiger partial charge in [0.25, 0.3) is 21.6 Å². The van der Waals surface area contributed by atoms with Crippen LogP contribution in [0.3, 0.4) is 0 Å². The molecule has 1 aliphatic rings. The highest BCUT2D eigenvalue weighted by Crippen LogP contribution is 2.30. The van der Waals surface area contributed by atoms with Crippen LogP contribution in [0.2, 0.25) is 0 Å². The number of hydrogen-bond donors (Lipinski definition) is 2. The Hall–Kier alpha value is -4.25. The Morgan fingerprint density at radius 1 is 1.00 bits per heavy atom. The van der Waals surface area contributed by atoms with Crippen LogP contribution in [-0.2, 0) is 21.2 Å². The molecule has 0 unspecified atom stereocenters. The quantitative estimate of drug-likeness (QED) is 0.409. The van der Waals surface area contributed by atoms with Gasteiger partial charge in [-0.2, -0.15) is 0 Å². The summed E-state index contributed by atoms with van der Waals surface area (Å²) in [6, 6.07) is 15.8. The molecule has 0 aromatic heterocycles. The van der Waals surface area contributed by atoms with E-state index in [2.05, 4.69) is 10.0 Å². The molecule has 2 N–H and O–H groups in total. The second kappa shape index (κ2) is 8.94. The van der Waals surface area contributed by atoms with Crippen LogP contribution in [0.1, 0.15) is 22.8 Å². The average Bonchev–Trinajstić information content (AvgIpc) is 3.23. The molecule has 3 aromatic rings. The monoisotopic (exact) mass is 480 g/mol. The van der Waals surface area contributed by atoms with Crippen LogP contribution in [-0.4, -0.2) is 31.7 Å². The summed E-state index contributed by atoms with van der Waals surface area (Å²) in [5, 5.41) is 13.7. The summed E-state index contributed by atoms with van der Waals surface area (Å²) in [6.07, 6.45) is 0.706. The second-order valence-corrected chi connectivity index (χ2v) is 9.34. The maximum atomic E-state index is 12.6. The van der Waals surface area contributed by atoms with Gasteiger partial charge in [-0.15, -0.1) is 0 Å². The number of anilines is 3. The molecule has 1 aliphatic heterocycles. The van der Waals surface area contributed by atoms with Crippen molar-refractivity contribution in [3.05, 3.63) is 88.0 Å². The lowest BCUT2D eigenvalue weighted by Gasteiger charge is -2.15. The number of fused-ring (bicyclic) bond motifs is 1. The van der Waals surface area contributed by atoms with Gasteiger partial charge in [-0.05, 0) is 60.5 Å². The zero-order valence-electron chi connectivity index (χ0n) is 18.0. The molecule has 174 valence electrons. The first-order valence-electron chi connectivity index (χ1n) is 10.2. The number of carbonyl (C=O) groups excluding carboxylic acids is 2. The molecule has 3 aromatic carbocycles. The standard InChI is InChI=1S/C23H20N4O6S/c1-15(28)26-12-11-17-13-19(9-10-22(17)26)24-23(29)16-5-7-18(8-6-16)25-34(32,33)21-4-2-3-20(14-21)27(30)31/h2-10,13-14,25H,11-12H2,1H3,(H,24,29). The van der Waals surface area contributed by atoms with Crippen molar-refractivity contribution in [2.24, 2.45) is 0 Å². The zero-order valence-corrected chi connectivity index (χ0v) is 18.8. The van der Waals surface area contributed by atoms with Gasteiger partial charge >= 0.3 is 0 Å². The molecular formula is C23H20N4O6S. The number of rotatable bonds is 6. The van der Waals surface area contributed by atoms with E-state index in [1.54, 1.807) is 17.0 Å². The highest BCUT2D eigenvalue weighted by Gasteiger charge is 2.22. The van der Waals surface area contributed by atoms with E-state index in [9.17, 15) is 28.1 Å². The van der Waals surface area contributed by atoms with Crippen molar-refractivity contribution in [1.29, 1.82) is 0 Å². The van der Waals surface area contributed by atoms with E-state index in [1.807, 2.05) is 6.07 Å². The van der Waals surface area contributed by atoms with E-state index in [0.717, 1.165) is 17.3 Å². The molecule has 0 saturated carbocycles. The lowest BCUT2D eigenvalue weighted by atomic mass is 10.1. The van der Waals surface area contributed by atoms with Crippen molar-refractivity contribution >= 4 is 44.6 Å². The Morgan fingerprint density at radius 2 is 1.71 bits per heavy atom. The Labute approximate surface area is 195 Å². The third-order valence-corrected chi connectivity index (χ3v) is 6.73. The van der Waals surface area contributed by atoms with Crippen molar-refractivity contribution in [3.63, 3.8) is 0 Å². The normalized spacial score (nSPS) is 12.7. The third kappa shape index (κ3) is 4.74. The summed E-state index contributed by atoms with van der Waals surface area (Å²) in [5.41, 5.74) is 2.57. The largest absolute Gasteiger partial charge is 0.322 e. The van der Waals surface area contributed by atoms with Gasteiger partial charge in [-0.1, -0.05) is 6.07 Å². The maximum absolute atomic E-state index is 12.6. The van der Waals surface area contributed by atoms with Gasteiger partial charge in [0.1, 0.15) is 0 Å². The highest BCUT2D eigenvalue weighted by atomic mass is 32.2. The molecule has 0 fully saturated rings. The average molecular weight is 481 g/mol. The predicted octanol–water partition coefficient (Wildman–Crippen LogP) is 3.56. The number of hydrogen-bond acceptors (Lipinski definition) is 6. The molecule has 1 heterocycles. The molecule has 0 saturated heterocycles. The van der Waals surface area contributed by atoms with Crippen LogP contribution < -0.4 is 14.9 Å². The van der Waals surface area contributed by atoms with Gasteiger partial charge in [0.15, 0.2) is 0 Å². The number of sulfonamides is 1. The Balaban J connectivity index is 1.45. The van der Waals surface area contributed by atoms with Gasteiger partial charge in [-0.25, -0.2) is 8.42 Å². The van der Waals surface area contributed by atoms with Gasteiger partial charge in [0.2, 0.25) is 5.91 Å². The van der Waals surface area contributed by atoms with E-state index < -0.39 is 14.9 Å². The summed E-state index contributed by atoms with van der Waals surface area (Å²) in [6.45, 7) is 2.12. The van der Waals surface area contributed by atoms with Crippen molar-refractivity contribution < 1.29 is 22.9 Å². The van der Waals surface area contributed by atoms with Crippen LogP contribution >= 0.6 is 0 Å². The number of nitro groups is 1. The lowest BCUT2D eigenvalue weighted by Crippen LogP contribution is -2.25. The molecule has 11 heteroatoms. The fourth-order valence-electron chi connectivity index (χ4n) is 3.68. The molecule has 0 aliphatic carbocycles. The predicted molar refractivity (Wildman–Crippen MR) is 126 cm³/mol. The number of carbonyl (C=O) groups is 2. The fraction of sp³-hybridized carbons (Fsp3) is 0.130. The zero-order chi connectivity index (χ0) is 24.5. The minimum Gasteiger partial charge on any atom is -0.322 e. The number of nitrogens with zero attached hydrogens (tertiary/aromatic N) is 2. The van der Waals surface area contributed by atoms with Crippen LogP contribution in [0.4, 0.5) is 22.7 Å². The molecule has 34 heavy (non-hydrogen) atoms. The Kier molecular flexibility index (Phi) is 6.03. The fourth-order valence-corrected chi connectivity index (χ4v) is 4.78. The van der Waals surface area contributed by atoms with E-state index in [4.69, 9.17) is 0 Å². The Morgan fingerprint density at radius 3 is 2.38 bits per heavy atom. The summed E-state index contributed by atoms with van der Waals surface area (Å²) in [7, 11) is -4.05. The van der Waals surface area contributed by atoms with E-state index in [1.165, 1.54) is 49.4 Å². The maximum Gasteiger partial charge on any atom is 0.270 e. The first-order chi connectivity index (χ1) is 16.1. The van der Waals surface area contributed by atoms with Crippen molar-refractivity contribution in [2.75, 3.05) is 21.5 Å². The van der Waals surface area contributed by atoms with Gasteiger partial charge < -0.3 is 10.2 Å². The summed E-state index contributed by atoms with van der Waals surface area (Å²) >= 11 is 0. The van der Waals surface area contributed by atoms with Crippen LogP contribution in [0.25, 0.3) is 0 Å². The molecular weight excluding hydrogens is 460 g/mol. The number of nitro benzene ring substituents is 1. The Bertz CT molecular complexity index is 1400. The smallest absolute Gasteiger partial charge is 0.270 e. The minimum absolute atomic E-state index is 0.0308. The summed E-state index contributed by atoms with van der Waals surface area (Å²) < 4.78 is 27.5. The van der Waals surface area contributed by atoms with Crippen molar-refractivity contribution in [3.8, 4) is 0 Å². The van der Waals surface area contributed by atoms with Crippen molar-refractivity contribution in [2.45, 2.75) is 18.2 Å². The van der Waals surface area contributed by atoms with E-state index in [-0.39, 0.29) is 28.1 Å². The van der Waals surface area contributed by atoms with E-state index in [0.29, 0.717) is 24.2 Å². The SMILES string of the molecule is CC(=O)N1CCc2cc(NC(=O)c3ccc(NS(=O)(=O)c4cccc([N+](=O)[O-])c4)cc3)ccc21. The molecule has 2 amide bonds. The molecule has 0 spiro atoms. The molecule has 10 nitrogen and oxygen atoms in total. The van der Waals surface area contributed by atoms with Crippen LogP contribution in [0.5, 0.6) is 0 Å². The van der Waals surface area contributed by atoms with E-state index >= 15 is 0 Å². The third-order valence-electron chi connectivity index (χ3n) is 5.35. The number of benzene rings is 3. The molecule has 0 radical (unpaired) electrons. The first-order valence-corrected chi connectivity index (χ1v) is 11.7. The minimum atomic E-state index is -4.05. The van der Waals surface area contributed by atoms with Crippen LogP contribution in [0, 0.1) is 10.1 Å². The number of nitrogens with one attached hydrogen (secondary N) is 2. The lowest BCUT2D eigenvalue weighted by molar-refractivity contribution is -0.385.